The molecule has 2 aromatic heterocycles. The number of ether oxygens (including phenoxy) is 1. The summed E-state index contributed by atoms with van der Waals surface area (Å²) in [5, 5.41) is 0.818. The van der Waals surface area contributed by atoms with E-state index in [0.717, 1.165) is 0 Å². The van der Waals surface area contributed by atoms with Gasteiger partial charge in [-0.25, -0.2) is 9.59 Å². The molecule has 31 heavy (non-hydrogen) atoms. The Labute approximate surface area is 174 Å². The number of fused-ring (bicyclic) bond motifs is 2. The molecule has 6 heteroatoms. The highest BCUT2D eigenvalue weighted by Gasteiger charge is 2.23. The topological polar surface area (TPSA) is 86.7 Å². The van der Waals surface area contributed by atoms with Crippen LogP contribution < -0.4 is 15.8 Å². The van der Waals surface area contributed by atoms with Gasteiger partial charge in [0, 0.05) is 10.9 Å². The Bertz CT molecular complexity index is 1560. The van der Waals surface area contributed by atoms with Gasteiger partial charge in [0.2, 0.25) is 11.2 Å². The summed E-state index contributed by atoms with van der Waals surface area (Å²) in [4.78, 5) is 38.4. The lowest BCUT2D eigenvalue weighted by Crippen LogP contribution is -2.22. The SMILES string of the molecule is O=C(Oc1c(-c2ccccc2)oc2ccccc2c1=O)c1cc2ccccc2oc1=O. The number of carbonyl (C=O) groups excluding carboxylic acids is 1. The molecule has 5 aromatic rings. The summed E-state index contributed by atoms with van der Waals surface area (Å²) in [7, 11) is 0. The molecule has 150 valence electrons. The predicted molar refractivity (Wildman–Crippen MR) is 115 cm³/mol. The fourth-order valence-electron chi connectivity index (χ4n) is 3.35. The quantitative estimate of drug-likeness (QED) is 0.314. The molecule has 6 nitrogen and oxygen atoms in total. The number of rotatable bonds is 3. The summed E-state index contributed by atoms with van der Waals surface area (Å²) in [6, 6.07) is 23.7. The van der Waals surface area contributed by atoms with Crippen molar-refractivity contribution in [2.45, 2.75) is 0 Å². The van der Waals surface area contributed by atoms with Crippen LogP contribution in [0.4, 0.5) is 0 Å². The maximum atomic E-state index is 13.1. The third-order valence-electron chi connectivity index (χ3n) is 4.85. The molecule has 0 N–H and O–H groups in total. The van der Waals surface area contributed by atoms with Gasteiger partial charge in [0.25, 0.3) is 0 Å². The number of hydrogen-bond donors (Lipinski definition) is 0. The smallest absolute Gasteiger partial charge is 0.351 e. The van der Waals surface area contributed by atoms with Gasteiger partial charge in [-0.1, -0.05) is 60.7 Å². The second-order valence-electron chi connectivity index (χ2n) is 6.83. The minimum atomic E-state index is -1.00. The molecule has 0 unspecified atom stereocenters. The summed E-state index contributed by atoms with van der Waals surface area (Å²) >= 11 is 0. The Morgan fingerprint density at radius 2 is 1.42 bits per heavy atom. The molecule has 0 aliphatic rings. The van der Waals surface area contributed by atoms with E-state index in [2.05, 4.69) is 0 Å². The lowest BCUT2D eigenvalue weighted by Gasteiger charge is -2.10. The van der Waals surface area contributed by atoms with Crippen LogP contribution in [-0.2, 0) is 0 Å². The van der Waals surface area contributed by atoms with Crippen molar-refractivity contribution in [3.63, 3.8) is 0 Å². The van der Waals surface area contributed by atoms with Gasteiger partial charge in [-0.05, 0) is 24.3 Å². The van der Waals surface area contributed by atoms with Crippen LogP contribution in [0.3, 0.4) is 0 Å². The van der Waals surface area contributed by atoms with Crippen molar-refractivity contribution < 1.29 is 18.4 Å². The van der Waals surface area contributed by atoms with Gasteiger partial charge in [0.1, 0.15) is 16.7 Å². The summed E-state index contributed by atoms with van der Waals surface area (Å²) < 4.78 is 16.6. The van der Waals surface area contributed by atoms with Crippen LogP contribution in [-0.4, -0.2) is 5.97 Å². The Hall–Kier alpha value is -4.45. The molecule has 3 aromatic carbocycles. The summed E-state index contributed by atoms with van der Waals surface area (Å²) in [6.07, 6.45) is 0. The highest BCUT2D eigenvalue weighted by molar-refractivity contribution is 5.95. The van der Waals surface area contributed by atoms with E-state index in [4.69, 9.17) is 13.6 Å². The zero-order valence-corrected chi connectivity index (χ0v) is 16.0. The molecular formula is C25H14O6. The fourth-order valence-corrected chi connectivity index (χ4v) is 3.35. The van der Waals surface area contributed by atoms with E-state index in [-0.39, 0.29) is 22.5 Å². The van der Waals surface area contributed by atoms with Gasteiger partial charge in [0.15, 0.2) is 5.76 Å². The summed E-state index contributed by atoms with van der Waals surface area (Å²) in [5.41, 5.74) is -0.422. The lowest BCUT2D eigenvalue weighted by molar-refractivity contribution is 0.0727. The van der Waals surface area contributed by atoms with Gasteiger partial charge in [-0.3, -0.25) is 4.79 Å². The summed E-state index contributed by atoms with van der Waals surface area (Å²) in [6.45, 7) is 0. The molecule has 0 fully saturated rings. The average Bonchev–Trinajstić information content (AvgIpc) is 2.81. The molecule has 0 aliphatic heterocycles. The second-order valence-corrected chi connectivity index (χ2v) is 6.83. The van der Waals surface area contributed by atoms with Crippen LogP contribution in [0.5, 0.6) is 5.75 Å². The normalized spacial score (nSPS) is 11.0. The Morgan fingerprint density at radius 1 is 0.742 bits per heavy atom. The molecule has 0 amide bonds. The number of para-hydroxylation sites is 2. The summed E-state index contributed by atoms with van der Waals surface area (Å²) in [5.74, 6) is -1.19. The van der Waals surface area contributed by atoms with E-state index < -0.39 is 17.0 Å². The zero-order chi connectivity index (χ0) is 21.4. The molecule has 0 radical (unpaired) electrons. The molecule has 0 saturated heterocycles. The molecule has 2 heterocycles. The van der Waals surface area contributed by atoms with Gasteiger partial charge < -0.3 is 13.6 Å². The van der Waals surface area contributed by atoms with Gasteiger partial charge in [0.05, 0.1) is 5.39 Å². The van der Waals surface area contributed by atoms with Crippen molar-refractivity contribution in [3.8, 4) is 17.1 Å². The molecule has 0 atom stereocenters. The number of esters is 1. The van der Waals surface area contributed by atoms with Crippen molar-refractivity contribution in [2.75, 3.05) is 0 Å². The minimum absolute atomic E-state index is 0.0998. The van der Waals surface area contributed by atoms with E-state index in [9.17, 15) is 14.4 Å². The molecule has 0 saturated carbocycles. The van der Waals surface area contributed by atoms with Gasteiger partial charge in [-0.2, -0.15) is 0 Å². The maximum absolute atomic E-state index is 13.1. The molecular weight excluding hydrogens is 396 g/mol. The molecule has 0 bridgehead atoms. The Kier molecular flexibility index (Phi) is 4.45. The first kappa shape index (κ1) is 18.6. The first-order chi connectivity index (χ1) is 15.1. The lowest BCUT2D eigenvalue weighted by atomic mass is 10.1. The van der Waals surface area contributed by atoms with Crippen molar-refractivity contribution >= 4 is 27.9 Å². The van der Waals surface area contributed by atoms with Crippen molar-refractivity contribution in [2.24, 2.45) is 0 Å². The second kappa shape index (κ2) is 7.42. The van der Waals surface area contributed by atoms with E-state index in [1.54, 1.807) is 72.8 Å². The van der Waals surface area contributed by atoms with E-state index in [0.29, 0.717) is 22.1 Å². The van der Waals surface area contributed by atoms with Crippen LogP contribution in [0.1, 0.15) is 10.4 Å². The van der Waals surface area contributed by atoms with Crippen LogP contribution >= 0.6 is 0 Å². The standard InChI is InChI=1S/C25H14O6/c26-21-17-11-5-7-13-20(17)29-22(15-8-2-1-3-9-15)23(21)31-25(28)18-14-16-10-4-6-12-19(16)30-24(18)27/h1-14H. The van der Waals surface area contributed by atoms with Crippen molar-refractivity contribution in [1.82, 2.24) is 0 Å². The third kappa shape index (κ3) is 3.30. The van der Waals surface area contributed by atoms with Crippen LogP contribution in [0, 0.1) is 0 Å². The minimum Gasteiger partial charge on any atom is -0.452 e. The average molecular weight is 410 g/mol. The maximum Gasteiger partial charge on any atom is 0.351 e. The van der Waals surface area contributed by atoms with Crippen molar-refractivity contribution in [1.29, 1.82) is 0 Å². The monoisotopic (exact) mass is 410 g/mol. The van der Waals surface area contributed by atoms with Crippen LogP contribution in [0.15, 0.2) is 103 Å². The zero-order valence-electron chi connectivity index (χ0n) is 16.0. The van der Waals surface area contributed by atoms with Crippen LogP contribution in [0.25, 0.3) is 33.3 Å². The molecule has 0 spiro atoms. The van der Waals surface area contributed by atoms with E-state index >= 15 is 0 Å². The molecule has 0 aliphatic carbocycles. The van der Waals surface area contributed by atoms with Gasteiger partial charge in [-0.15, -0.1) is 0 Å². The predicted octanol–water partition coefficient (Wildman–Crippen LogP) is 4.79. The third-order valence-corrected chi connectivity index (χ3v) is 4.85. The van der Waals surface area contributed by atoms with Gasteiger partial charge >= 0.3 is 11.6 Å². The Morgan fingerprint density at radius 3 is 2.23 bits per heavy atom. The number of benzene rings is 3. The first-order valence-corrected chi connectivity index (χ1v) is 9.48. The largest absolute Gasteiger partial charge is 0.452 e. The first-order valence-electron chi connectivity index (χ1n) is 9.48. The molecule has 5 rings (SSSR count). The van der Waals surface area contributed by atoms with Crippen molar-refractivity contribution in [3.05, 3.63) is 111 Å². The van der Waals surface area contributed by atoms with E-state index in [1.807, 2.05) is 6.07 Å². The number of carbonyl (C=O) groups is 1. The van der Waals surface area contributed by atoms with E-state index in [1.165, 1.54) is 6.07 Å². The van der Waals surface area contributed by atoms with Crippen LogP contribution in [0.2, 0.25) is 0 Å². The Balaban J connectivity index is 1.67. The highest BCUT2D eigenvalue weighted by atomic mass is 16.5. The fraction of sp³-hybridized carbons (Fsp3) is 0. The number of hydrogen-bond acceptors (Lipinski definition) is 6. The highest BCUT2D eigenvalue weighted by Crippen LogP contribution is 2.31.